The van der Waals surface area contributed by atoms with Gasteiger partial charge in [-0.05, 0) is 48.9 Å². The first-order chi connectivity index (χ1) is 13.2. The number of rotatable bonds is 6. The summed E-state index contributed by atoms with van der Waals surface area (Å²) in [4.78, 5) is 11.1. The first kappa shape index (κ1) is 19.5. The van der Waals surface area contributed by atoms with Gasteiger partial charge in [0, 0.05) is 5.69 Å². The average Bonchev–Trinajstić information content (AvgIpc) is 3.08. The maximum atomic E-state index is 13.3. The summed E-state index contributed by atoms with van der Waals surface area (Å²) in [5.74, 6) is -2.97. The zero-order valence-electron chi connectivity index (χ0n) is 14.7. The molecule has 0 saturated heterocycles. The second-order valence-corrected chi connectivity index (χ2v) is 7.55. The molecule has 0 spiro atoms. The summed E-state index contributed by atoms with van der Waals surface area (Å²) in [5.41, 5.74) is 7.08. The van der Waals surface area contributed by atoms with Crippen molar-refractivity contribution < 1.29 is 22.0 Å². The van der Waals surface area contributed by atoms with E-state index < -0.39 is 32.5 Å². The minimum atomic E-state index is -4.09. The van der Waals surface area contributed by atoms with Crippen LogP contribution in [0.5, 0.6) is 0 Å². The van der Waals surface area contributed by atoms with Crippen LogP contribution in [-0.4, -0.2) is 24.1 Å². The van der Waals surface area contributed by atoms with Crippen molar-refractivity contribution in [2.24, 2.45) is 5.73 Å². The number of halogens is 2. The molecule has 0 atom stereocenters. The van der Waals surface area contributed by atoms with Crippen molar-refractivity contribution in [3.8, 4) is 5.69 Å². The van der Waals surface area contributed by atoms with Gasteiger partial charge < -0.3 is 5.73 Å². The second kappa shape index (κ2) is 7.39. The third-order valence-corrected chi connectivity index (χ3v) is 5.41. The lowest BCUT2D eigenvalue weighted by atomic mass is 10.2. The molecule has 1 heterocycles. The summed E-state index contributed by atoms with van der Waals surface area (Å²) in [6, 6.07) is 8.48. The smallest absolute Gasteiger partial charge is 0.261 e. The van der Waals surface area contributed by atoms with E-state index in [4.69, 9.17) is 5.73 Å². The molecule has 1 aromatic heterocycles. The number of sulfonamides is 1. The van der Waals surface area contributed by atoms with Crippen LogP contribution in [0, 0.1) is 11.6 Å². The quantitative estimate of drug-likeness (QED) is 0.656. The van der Waals surface area contributed by atoms with Crippen LogP contribution in [0.1, 0.15) is 23.0 Å². The number of anilines is 1. The van der Waals surface area contributed by atoms with Crippen LogP contribution in [0.25, 0.3) is 5.69 Å². The number of nitrogens with zero attached hydrogens (tertiary/aromatic N) is 2. The minimum absolute atomic E-state index is 0.216. The third kappa shape index (κ3) is 3.72. The molecular weight excluding hydrogens is 390 g/mol. The molecule has 3 aromatic rings. The van der Waals surface area contributed by atoms with E-state index in [1.807, 2.05) is 6.92 Å². The molecule has 2 aromatic carbocycles. The fourth-order valence-corrected chi connectivity index (χ4v) is 3.74. The van der Waals surface area contributed by atoms with Crippen LogP contribution >= 0.6 is 0 Å². The van der Waals surface area contributed by atoms with Crippen molar-refractivity contribution in [3.05, 3.63) is 71.6 Å². The molecular formula is C18H16F2N4O3S. The van der Waals surface area contributed by atoms with Gasteiger partial charge in [-0.25, -0.2) is 21.9 Å². The average molecular weight is 406 g/mol. The summed E-state index contributed by atoms with van der Waals surface area (Å²) in [6.45, 7) is 1.85. The van der Waals surface area contributed by atoms with Crippen molar-refractivity contribution in [1.29, 1.82) is 0 Å². The minimum Gasteiger partial charge on any atom is -0.365 e. The fraction of sp³-hybridized carbons (Fsp3) is 0.111. The SMILES string of the molecule is CCc1c(C(N)=O)cnn1-c1ccc(NS(=O)(=O)c2ccc(F)c(F)c2)cc1. The molecule has 7 nitrogen and oxygen atoms in total. The monoisotopic (exact) mass is 406 g/mol. The van der Waals surface area contributed by atoms with Crippen molar-refractivity contribution in [3.63, 3.8) is 0 Å². The van der Waals surface area contributed by atoms with Gasteiger partial charge in [0.15, 0.2) is 11.6 Å². The lowest BCUT2D eigenvalue weighted by Crippen LogP contribution is -2.14. The van der Waals surface area contributed by atoms with Gasteiger partial charge in [0.2, 0.25) is 0 Å². The molecule has 0 bridgehead atoms. The Morgan fingerprint density at radius 3 is 2.39 bits per heavy atom. The molecule has 0 aliphatic rings. The van der Waals surface area contributed by atoms with E-state index >= 15 is 0 Å². The van der Waals surface area contributed by atoms with E-state index in [0.29, 0.717) is 29.4 Å². The van der Waals surface area contributed by atoms with Gasteiger partial charge in [-0.3, -0.25) is 9.52 Å². The summed E-state index contributed by atoms with van der Waals surface area (Å²) in [7, 11) is -4.09. The van der Waals surface area contributed by atoms with Gasteiger partial charge in [-0.15, -0.1) is 0 Å². The molecule has 10 heteroatoms. The Bertz CT molecular complexity index is 1140. The zero-order chi connectivity index (χ0) is 20.5. The van der Waals surface area contributed by atoms with Gasteiger partial charge in [-0.1, -0.05) is 6.92 Å². The molecule has 0 unspecified atom stereocenters. The fourth-order valence-electron chi connectivity index (χ4n) is 2.67. The Labute approximate surface area is 159 Å². The number of amides is 1. The highest BCUT2D eigenvalue weighted by Crippen LogP contribution is 2.21. The highest BCUT2D eigenvalue weighted by Gasteiger charge is 2.18. The van der Waals surface area contributed by atoms with Gasteiger partial charge in [0.25, 0.3) is 15.9 Å². The topological polar surface area (TPSA) is 107 Å². The van der Waals surface area contributed by atoms with Gasteiger partial charge in [-0.2, -0.15) is 5.10 Å². The first-order valence-corrected chi connectivity index (χ1v) is 9.66. The highest BCUT2D eigenvalue weighted by atomic mass is 32.2. The van der Waals surface area contributed by atoms with E-state index in [1.165, 1.54) is 23.0 Å². The lowest BCUT2D eigenvalue weighted by Gasteiger charge is -2.11. The van der Waals surface area contributed by atoms with Crippen LogP contribution in [0.2, 0.25) is 0 Å². The Kier molecular flexibility index (Phi) is 5.14. The van der Waals surface area contributed by atoms with E-state index in [1.54, 1.807) is 12.1 Å². The molecule has 3 rings (SSSR count). The highest BCUT2D eigenvalue weighted by molar-refractivity contribution is 7.92. The molecule has 28 heavy (non-hydrogen) atoms. The first-order valence-electron chi connectivity index (χ1n) is 8.18. The van der Waals surface area contributed by atoms with Crippen molar-refractivity contribution in [2.75, 3.05) is 4.72 Å². The molecule has 146 valence electrons. The second-order valence-electron chi connectivity index (χ2n) is 5.86. The Morgan fingerprint density at radius 1 is 1.14 bits per heavy atom. The molecule has 0 aliphatic carbocycles. The largest absolute Gasteiger partial charge is 0.365 e. The Hall–Kier alpha value is -3.27. The Balaban J connectivity index is 1.87. The molecule has 1 amide bonds. The van der Waals surface area contributed by atoms with Gasteiger partial charge in [0.05, 0.1) is 28.0 Å². The van der Waals surface area contributed by atoms with E-state index in [0.717, 1.165) is 12.1 Å². The maximum Gasteiger partial charge on any atom is 0.261 e. The molecule has 0 fully saturated rings. The standard InChI is InChI=1S/C18H16F2N4O3S/c1-2-17-14(18(21)25)10-22-24(17)12-5-3-11(4-6-12)23-28(26,27)13-7-8-15(19)16(20)9-13/h3-10,23H,2H2,1H3,(H2,21,25). The Morgan fingerprint density at radius 2 is 1.82 bits per heavy atom. The summed E-state index contributed by atoms with van der Waals surface area (Å²) < 4.78 is 54.8. The molecule has 3 N–H and O–H groups in total. The van der Waals surface area contributed by atoms with Crippen molar-refractivity contribution in [2.45, 2.75) is 18.2 Å². The van der Waals surface area contributed by atoms with E-state index in [-0.39, 0.29) is 5.69 Å². The van der Waals surface area contributed by atoms with E-state index in [9.17, 15) is 22.0 Å². The number of hydrogen-bond donors (Lipinski definition) is 2. The normalized spacial score (nSPS) is 11.4. The predicted molar refractivity (Wildman–Crippen MR) is 98.6 cm³/mol. The molecule has 0 aliphatic heterocycles. The summed E-state index contributed by atoms with van der Waals surface area (Å²) in [5, 5.41) is 4.15. The number of carbonyl (C=O) groups excluding carboxylic acids is 1. The van der Waals surface area contributed by atoms with Gasteiger partial charge >= 0.3 is 0 Å². The van der Waals surface area contributed by atoms with Crippen LogP contribution in [0.4, 0.5) is 14.5 Å². The molecule has 0 radical (unpaired) electrons. The number of nitrogens with two attached hydrogens (primary N) is 1. The third-order valence-electron chi connectivity index (χ3n) is 4.03. The van der Waals surface area contributed by atoms with Crippen LogP contribution in [-0.2, 0) is 16.4 Å². The van der Waals surface area contributed by atoms with Crippen molar-refractivity contribution in [1.82, 2.24) is 9.78 Å². The summed E-state index contributed by atoms with van der Waals surface area (Å²) >= 11 is 0. The summed E-state index contributed by atoms with van der Waals surface area (Å²) in [6.07, 6.45) is 1.89. The maximum absolute atomic E-state index is 13.3. The van der Waals surface area contributed by atoms with Crippen LogP contribution < -0.4 is 10.5 Å². The lowest BCUT2D eigenvalue weighted by molar-refractivity contribution is 0.0999. The number of nitrogens with one attached hydrogen (secondary N) is 1. The zero-order valence-corrected chi connectivity index (χ0v) is 15.5. The van der Waals surface area contributed by atoms with Crippen molar-refractivity contribution >= 4 is 21.6 Å². The predicted octanol–water partition coefficient (Wildman–Crippen LogP) is 2.61. The van der Waals surface area contributed by atoms with Crippen LogP contribution in [0.15, 0.2) is 53.6 Å². The van der Waals surface area contributed by atoms with E-state index in [2.05, 4.69) is 9.82 Å². The number of aromatic nitrogens is 2. The molecule has 0 saturated carbocycles. The van der Waals surface area contributed by atoms with Crippen LogP contribution in [0.3, 0.4) is 0 Å². The number of primary amides is 1. The number of benzene rings is 2. The number of hydrogen-bond acceptors (Lipinski definition) is 4. The number of carbonyl (C=O) groups is 1. The van der Waals surface area contributed by atoms with Gasteiger partial charge in [0.1, 0.15) is 0 Å².